The van der Waals surface area contributed by atoms with Gasteiger partial charge in [0.15, 0.2) is 11.5 Å². The molecule has 0 heterocycles. The van der Waals surface area contributed by atoms with Crippen LogP contribution in [-0.4, -0.2) is 46.2 Å². The van der Waals surface area contributed by atoms with Crippen LogP contribution in [0, 0.1) is 0 Å². The summed E-state index contributed by atoms with van der Waals surface area (Å²) in [6.07, 6.45) is -0.190. The molecule has 0 aliphatic rings. The Morgan fingerprint density at radius 3 is 1.92 bits per heavy atom. The number of amides is 2. The molecule has 0 spiro atoms. The Kier molecular flexibility index (Phi) is 7.34. The van der Waals surface area contributed by atoms with E-state index in [1.165, 1.54) is 40.6 Å². The van der Waals surface area contributed by atoms with Gasteiger partial charge >= 0.3 is 5.97 Å². The van der Waals surface area contributed by atoms with E-state index in [-0.39, 0.29) is 18.4 Å². The van der Waals surface area contributed by atoms with E-state index in [0.29, 0.717) is 17.2 Å². The number of esters is 1. The second-order valence-electron chi connectivity index (χ2n) is 4.49. The van der Waals surface area contributed by atoms with Crippen LogP contribution < -0.4 is 25.1 Å². The number of rotatable bonds is 7. The van der Waals surface area contributed by atoms with Crippen molar-refractivity contribution in [3.63, 3.8) is 0 Å². The van der Waals surface area contributed by atoms with Gasteiger partial charge in [-0.05, 0) is 12.1 Å². The van der Waals surface area contributed by atoms with E-state index in [9.17, 15) is 14.4 Å². The minimum atomic E-state index is -0.583. The maximum absolute atomic E-state index is 12.1. The number of hydrazine groups is 1. The van der Waals surface area contributed by atoms with Crippen LogP contribution in [0.4, 0.5) is 0 Å². The Morgan fingerprint density at radius 1 is 0.875 bits per heavy atom. The van der Waals surface area contributed by atoms with Crippen molar-refractivity contribution in [3.05, 3.63) is 17.7 Å². The second kappa shape index (κ2) is 9.23. The molecule has 0 fully saturated rings. The molecule has 0 unspecified atom stereocenters. The monoisotopic (exact) mass is 340 g/mol. The highest BCUT2D eigenvalue weighted by molar-refractivity contribution is 5.96. The standard InChI is InChI=1S/C15H20N2O7/c1-21-10-7-9(8-11(22-2)14(10)24-4)15(20)17-16-12(18)5-6-13(19)23-3/h7-8H,5-6H2,1-4H3,(H,16,18)(H,17,20). The maximum Gasteiger partial charge on any atom is 0.306 e. The largest absolute Gasteiger partial charge is 0.493 e. The maximum atomic E-state index is 12.1. The zero-order chi connectivity index (χ0) is 18.1. The first kappa shape index (κ1) is 19.1. The highest BCUT2D eigenvalue weighted by atomic mass is 16.5. The molecule has 9 heteroatoms. The van der Waals surface area contributed by atoms with Crippen molar-refractivity contribution in [1.82, 2.24) is 10.9 Å². The molecule has 132 valence electrons. The minimum Gasteiger partial charge on any atom is -0.493 e. The Labute approximate surface area is 139 Å². The average molecular weight is 340 g/mol. The number of hydrogen-bond donors (Lipinski definition) is 2. The van der Waals surface area contributed by atoms with E-state index < -0.39 is 17.8 Å². The van der Waals surface area contributed by atoms with E-state index in [2.05, 4.69) is 15.6 Å². The summed E-state index contributed by atoms with van der Waals surface area (Å²) in [5, 5.41) is 0. The van der Waals surface area contributed by atoms with Gasteiger partial charge in [-0.3, -0.25) is 25.2 Å². The summed E-state index contributed by atoms with van der Waals surface area (Å²) in [5.41, 5.74) is 4.64. The van der Waals surface area contributed by atoms with Crippen LogP contribution in [0.2, 0.25) is 0 Å². The molecule has 0 radical (unpaired) electrons. The fourth-order valence-electron chi connectivity index (χ4n) is 1.79. The number of benzene rings is 1. The zero-order valence-corrected chi connectivity index (χ0v) is 13.9. The highest BCUT2D eigenvalue weighted by Gasteiger charge is 2.17. The Morgan fingerprint density at radius 2 is 1.46 bits per heavy atom. The lowest BCUT2D eigenvalue weighted by molar-refractivity contribution is -0.142. The summed E-state index contributed by atoms with van der Waals surface area (Å²) in [5.74, 6) is -0.667. The Bertz CT molecular complexity index is 591. The molecule has 2 amide bonds. The van der Waals surface area contributed by atoms with Crippen molar-refractivity contribution in [2.24, 2.45) is 0 Å². The normalized spacial score (nSPS) is 9.67. The fraction of sp³-hybridized carbons (Fsp3) is 0.400. The predicted molar refractivity (Wildman–Crippen MR) is 83.0 cm³/mol. The van der Waals surface area contributed by atoms with E-state index in [0.717, 1.165) is 0 Å². The molecule has 2 N–H and O–H groups in total. The molecular weight excluding hydrogens is 320 g/mol. The van der Waals surface area contributed by atoms with Crippen molar-refractivity contribution in [1.29, 1.82) is 0 Å². The van der Waals surface area contributed by atoms with Crippen LogP contribution >= 0.6 is 0 Å². The quantitative estimate of drug-likeness (QED) is 0.546. The molecule has 0 aromatic heterocycles. The summed E-state index contributed by atoms with van der Waals surface area (Å²) in [6.45, 7) is 0. The van der Waals surface area contributed by atoms with Gasteiger partial charge in [0.2, 0.25) is 11.7 Å². The fourth-order valence-corrected chi connectivity index (χ4v) is 1.79. The molecule has 1 aromatic carbocycles. The number of hydrogen-bond acceptors (Lipinski definition) is 7. The number of carbonyl (C=O) groups excluding carboxylic acids is 3. The summed E-state index contributed by atoms with van der Waals surface area (Å²) in [7, 11) is 5.52. The third kappa shape index (κ3) is 5.04. The molecule has 9 nitrogen and oxygen atoms in total. The zero-order valence-electron chi connectivity index (χ0n) is 13.9. The van der Waals surface area contributed by atoms with Crippen LogP contribution in [0.3, 0.4) is 0 Å². The van der Waals surface area contributed by atoms with Gasteiger partial charge in [-0.15, -0.1) is 0 Å². The van der Waals surface area contributed by atoms with Crippen LogP contribution in [0.15, 0.2) is 12.1 Å². The van der Waals surface area contributed by atoms with E-state index in [4.69, 9.17) is 14.2 Å². The van der Waals surface area contributed by atoms with Crippen molar-refractivity contribution in [3.8, 4) is 17.2 Å². The molecule has 24 heavy (non-hydrogen) atoms. The molecular formula is C15H20N2O7. The first-order valence-corrected chi connectivity index (χ1v) is 6.92. The summed E-state index contributed by atoms with van der Waals surface area (Å²) >= 11 is 0. The lowest BCUT2D eigenvalue weighted by atomic mass is 10.1. The van der Waals surface area contributed by atoms with Gasteiger partial charge in [0.25, 0.3) is 5.91 Å². The van der Waals surface area contributed by atoms with Crippen LogP contribution in [0.25, 0.3) is 0 Å². The van der Waals surface area contributed by atoms with Crippen LogP contribution in [0.1, 0.15) is 23.2 Å². The second-order valence-corrected chi connectivity index (χ2v) is 4.49. The minimum absolute atomic E-state index is 0.0810. The number of carbonyl (C=O) groups is 3. The SMILES string of the molecule is COC(=O)CCC(=O)NNC(=O)c1cc(OC)c(OC)c(OC)c1. The van der Waals surface area contributed by atoms with Gasteiger partial charge < -0.3 is 18.9 Å². The highest BCUT2D eigenvalue weighted by Crippen LogP contribution is 2.38. The van der Waals surface area contributed by atoms with Gasteiger partial charge in [0, 0.05) is 12.0 Å². The molecule has 0 saturated carbocycles. The number of nitrogens with one attached hydrogen (secondary N) is 2. The third-order valence-corrected chi connectivity index (χ3v) is 3.03. The first-order chi connectivity index (χ1) is 11.5. The number of ether oxygens (including phenoxy) is 4. The van der Waals surface area contributed by atoms with Gasteiger partial charge in [0.05, 0.1) is 34.9 Å². The van der Waals surface area contributed by atoms with Crippen molar-refractivity contribution < 1.29 is 33.3 Å². The predicted octanol–water partition coefficient (Wildman–Crippen LogP) is 0.427. The lowest BCUT2D eigenvalue weighted by Gasteiger charge is -2.14. The van der Waals surface area contributed by atoms with Crippen LogP contribution in [0.5, 0.6) is 17.2 Å². The molecule has 1 aromatic rings. The van der Waals surface area contributed by atoms with Gasteiger partial charge in [0.1, 0.15) is 0 Å². The topological polar surface area (TPSA) is 112 Å². The Hall–Kier alpha value is -2.97. The molecule has 0 aliphatic heterocycles. The summed E-state index contributed by atoms with van der Waals surface area (Å²) in [4.78, 5) is 34.6. The van der Waals surface area contributed by atoms with E-state index in [1.54, 1.807) is 0 Å². The summed E-state index contributed by atoms with van der Waals surface area (Å²) in [6, 6.07) is 2.88. The van der Waals surface area contributed by atoms with Gasteiger partial charge in [-0.1, -0.05) is 0 Å². The van der Waals surface area contributed by atoms with Gasteiger partial charge in [-0.25, -0.2) is 0 Å². The molecule has 0 bridgehead atoms. The van der Waals surface area contributed by atoms with Crippen molar-refractivity contribution >= 4 is 17.8 Å². The molecule has 1 rings (SSSR count). The van der Waals surface area contributed by atoms with E-state index in [1.807, 2.05) is 0 Å². The van der Waals surface area contributed by atoms with Gasteiger partial charge in [-0.2, -0.15) is 0 Å². The number of methoxy groups -OCH3 is 4. The Balaban J connectivity index is 2.74. The third-order valence-electron chi connectivity index (χ3n) is 3.03. The first-order valence-electron chi connectivity index (χ1n) is 6.92. The van der Waals surface area contributed by atoms with Crippen LogP contribution in [-0.2, 0) is 14.3 Å². The lowest BCUT2D eigenvalue weighted by Crippen LogP contribution is -2.41. The summed E-state index contributed by atoms with van der Waals surface area (Å²) < 4.78 is 19.9. The van der Waals surface area contributed by atoms with Crippen molar-refractivity contribution in [2.45, 2.75) is 12.8 Å². The molecule has 0 atom stereocenters. The smallest absolute Gasteiger partial charge is 0.306 e. The molecule has 0 aliphatic carbocycles. The van der Waals surface area contributed by atoms with E-state index >= 15 is 0 Å². The van der Waals surface area contributed by atoms with Crippen molar-refractivity contribution in [2.75, 3.05) is 28.4 Å². The molecule has 0 saturated heterocycles. The average Bonchev–Trinajstić information content (AvgIpc) is 2.62.